The largest absolute Gasteiger partial charge is 0.492 e. The average Bonchev–Trinajstić information content (AvgIpc) is 2.99. The molecule has 0 saturated heterocycles. The predicted molar refractivity (Wildman–Crippen MR) is 88.5 cm³/mol. The van der Waals surface area contributed by atoms with E-state index in [4.69, 9.17) is 4.74 Å². The van der Waals surface area contributed by atoms with Crippen LogP contribution in [0.25, 0.3) is 0 Å². The lowest BCUT2D eigenvalue weighted by molar-refractivity contribution is 0.315. The molecule has 114 valence electrons. The molecule has 1 aromatic heterocycles. The molecule has 0 aliphatic heterocycles. The van der Waals surface area contributed by atoms with Gasteiger partial charge >= 0.3 is 0 Å². The molecule has 5 heteroatoms. The second kappa shape index (κ2) is 8.85. The maximum Gasteiger partial charge on any atom is 0.133 e. The molecule has 0 aliphatic carbocycles. The molecule has 0 aliphatic rings. The van der Waals surface area contributed by atoms with Gasteiger partial charge < -0.3 is 14.6 Å². The second-order valence-electron chi connectivity index (χ2n) is 4.94. The molecule has 0 unspecified atom stereocenters. The highest BCUT2D eigenvalue weighted by Gasteiger charge is 2.02. The summed E-state index contributed by atoms with van der Waals surface area (Å²) in [6.45, 7) is 5.72. The van der Waals surface area contributed by atoms with Gasteiger partial charge in [0.05, 0.1) is 17.4 Å². The fourth-order valence-corrected chi connectivity index (χ4v) is 2.56. The Morgan fingerprint density at radius 3 is 3.00 bits per heavy atom. The van der Waals surface area contributed by atoms with Crippen molar-refractivity contribution in [2.45, 2.75) is 32.9 Å². The number of benzene rings is 1. The Balaban J connectivity index is 1.69. The van der Waals surface area contributed by atoms with E-state index in [0.717, 1.165) is 49.3 Å². The monoisotopic (exact) mass is 351 g/mol. The highest BCUT2D eigenvalue weighted by molar-refractivity contribution is 9.10. The number of hydrogen-bond acceptors (Lipinski definition) is 3. The Morgan fingerprint density at radius 2 is 2.29 bits per heavy atom. The number of rotatable bonds is 9. The van der Waals surface area contributed by atoms with Crippen LogP contribution in [0.15, 0.2) is 41.4 Å². The molecule has 0 amide bonds. The van der Waals surface area contributed by atoms with E-state index in [1.165, 1.54) is 5.56 Å². The van der Waals surface area contributed by atoms with Crippen LogP contribution in [-0.2, 0) is 13.1 Å². The van der Waals surface area contributed by atoms with E-state index in [2.05, 4.69) is 49.9 Å². The zero-order valence-corrected chi connectivity index (χ0v) is 14.0. The maximum absolute atomic E-state index is 5.65. The average molecular weight is 352 g/mol. The van der Waals surface area contributed by atoms with E-state index in [-0.39, 0.29) is 0 Å². The Bertz CT molecular complexity index is 528. The van der Waals surface area contributed by atoms with Gasteiger partial charge in [-0.2, -0.15) is 0 Å². The van der Waals surface area contributed by atoms with Gasteiger partial charge in [-0.05, 0) is 53.0 Å². The van der Waals surface area contributed by atoms with Gasteiger partial charge in [-0.15, -0.1) is 0 Å². The zero-order valence-electron chi connectivity index (χ0n) is 12.4. The van der Waals surface area contributed by atoms with Gasteiger partial charge in [0.15, 0.2) is 0 Å². The van der Waals surface area contributed by atoms with Crippen LogP contribution in [0.4, 0.5) is 0 Å². The highest BCUT2D eigenvalue weighted by Crippen LogP contribution is 2.26. The van der Waals surface area contributed by atoms with Crippen molar-refractivity contribution in [2.24, 2.45) is 0 Å². The molecular formula is C16H22BrN3O. The molecule has 0 radical (unpaired) electrons. The summed E-state index contributed by atoms with van der Waals surface area (Å²) in [5.74, 6) is 0.917. The molecule has 0 fully saturated rings. The van der Waals surface area contributed by atoms with Gasteiger partial charge in [-0.3, -0.25) is 0 Å². The smallest absolute Gasteiger partial charge is 0.133 e. The van der Waals surface area contributed by atoms with E-state index in [1.807, 2.05) is 24.8 Å². The topological polar surface area (TPSA) is 39.1 Å². The molecule has 1 N–H and O–H groups in total. The Labute approximate surface area is 134 Å². The summed E-state index contributed by atoms with van der Waals surface area (Å²) >= 11 is 3.56. The summed E-state index contributed by atoms with van der Waals surface area (Å²) in [5.41, 5.74) is 1.26. The zero-order chi connectivity index (χ0) is 14.9. The van der Waals surface area contributed by atoms with Crippen LogP contribution in [0, 0.1) is 0 Å². The van der Waals surface area contributed by atoms with Crippen LogP contribution >= 0.6 is 15.9 Å². The molecule has 0 atom stereocenters. The normalized spacial score (nSPS) is 10.8. The van der Waals surface area contributed by atoms with Crippen LogP contribution in [0.5, 0.6) is 5.75 Å². The van der Waals surface area contributed by atoms with Crippen molar-refractivity contribution >= 4 is 15.9 Å². The molecule has 0 bridgehead atoms. The minimum absolute atomic E-state index is 0.754. The maximum atomic E-state index is 5.65. The number of imidazole rings is 1. The van der Waals surface area contributed by atoms with Crippen LogP contribution in [0.1, 0.15) is 25.3 Å². The molecule has 2 aromatic rings. The van der Waals surface area contributed by atoms with Gasteiger partial charge in [0.2, 0.25) is 0 Å². The molecule has 21 heavy (non-hydrogen) atoms. The molecule has 2 rings (SSSR count). The number of aromatic nitrogens is 2. The van der Waals surface area contributed by atoms with Crippen molar-refractivity contribution in [3.8, 4) is 5.75 Å². The number of nitrogens with one attached hydrogen (secondary N) is 1. The van der Waals surface area contributed by atoms with E-state index in [9.17, 15) is 0 Å². The van der Waals surface area contributed by atoms with Gasteiger partial charge in [-0.25, -0.2) is 4.98 Å². The highest BCUT2D eigenvalue weighted by atomic mass is 79.9. The number of halogens is 1. The fraction of sp³-hybridized carbons (Fsp3) is 0.438. The Hall–Kier alpha value is -1.33. The minimum Gasteiger partial charge on any atom is -0.492 e. The standard InChI is InChI=1S/C16H22BrN3O/c1-2-10-21-16-5-4-14(11-15(16)17)12-18-6-3-8-20-9-7-19-13-20/h4-5,7,9,11,13,18H,2-3,6,8,10,12H2,1H3. The SMILES string of the molecule is CCCOc1ccc(CNCCCn2ccnc2)cc1Br. The number of ether oxygens (including phenoxy) is 1. The van der Waals surface area contributed by atoms with Gasteiger partial charge in [0, 0.05) is 25.5 Å². The van der Waals surface area contributed by atoms with Crippen molar-refractivity contribution in [2.75, 3.05) is 13.2 Å². The van der Waals surface area contributed by atoms with E-state index < -0.39 is 0 Å². The first-order chi connectivity index (χ1) is 10.3. The van der Waals surface area contributed by atoms with Crippen molar-refractivity contribution in [1.82, 2.24) is 14.9 Å². The molecule has 0 saturated carbocycles. The quantitative estimate of drug-likeness (QED) is 0.701. The van der Waals surface area contributed by atoms with E-state index in [0.29, 0.717) is 0 Å². The third-order valence-electron chi connectivity index (χ3n) is 3.12. The van der Waals surface area contributed by atoms with Crippen LogP contribution in [0.2, 0.25) is 0 Å². The first-order valence-corrected chi connectivity index (χ1v) is 8.16. The third kappa shape index (κ3) is 5.52. The van der Waals surface area contributed by atoms with Gasteiger partial charge in [0.1, 0.15) is 5.75 Å². The van der Waals surface area contributed by atoms with Crippen LogP contribution in [-0.4, -0.2) is 22.7 Å². The molecule has 4 nitrogen and oxygen atoms in total. The lowest BCUT2D eigenvalue weighted by Crippen LogP contribution is -2.16. The first-order valence-electron chi connectivity index (χ1n) is 7.37. The second-order valence-corrected chi connectivity index (χ2v) is 5.80. The molecular weight excluding hydrogens is 330 g/mol. The fourth-order valence-electron chi connectivity index (χ4n) is 2.02. The summed E-state index contributed by atoms with van der Waals surface area (Å²) in [6.07, 6.45) is 7.77. The summed E-state index contributed by atoms with van der Waals surface area (Å²) in [5, 5.41) is 3.46. The van der Waals surface area contributed by atoms with Crippen molar-refractivity contribution in [3.05, 3.63) is 47.0 Å². The van der Waals surface area contributed by atoms with Gasteiger partial charge in [-0.1, -0.05) is 13.0 Å². The predicted octanol–water partition coefficient (Wildman–Crippen LogP) is 3.61. The Kier molecular flexibility index (Phi) is 6.76. The summed E-state index contributed by atoms with van der Waals surface area (Å²) in [6, 6.07) is 6.26. The summed E-state index contributed by atoms with van der Waals surface area (Å²) in [7, 11) is 0. The van der Waals surface area contributed by atoms with E-state index >= 15 is 0 Å². The summed E-state index contributed by atoms with van der Waals surface area (Å²) < 4.78 is 8.77. The van der Waals surface area contributed by atoms with Crippen LogP contribution in [0.3, 0.4) is 0 Å². The molecule has 1 heterocycles. The lowest BCUT2D eigenvalue weighted by Gasteiger charge is -2.10. The molecule has 1 aromatic carbocycles. The number of aryl methyl sites for hydroxylation is 1. The van der Waals surface area contributed by atoms with Crippen molar-refractivity contribution in [1.29, 1.82) is 0 Å². The number of hydrogen-bond donors (Lipinski definition) is 1. The summed E-state index contributed by atoms with van der Waals surface area (Å²) in [4.78, 5) is 4.03. The van der Waals surface area contributed by atoms with Crippen LogP contribution < -0.4 is 10.1 Å². The van der Waals surface area contributed by atoms with Gasteiger partial charge in [0.25, 0.3) is 0 Å². The molecule has 0 spiro atoms. The Morgan fingerprint density at radius 1 is 1.38 bits per heavy atom. The van der Waals surface area contributed by atoms with E-state index in [1.54, 1.807) is 0 Å². The number of nitrogens with zero attached hydrogens (tertiary/aromatic N) is 2. The first kappa shape index (κ1) is 16.0. The third-order valence-corrected chi connectivity index (χ3v) is 3.74. The van der Waals surface area contributed by atoms with Crippen molar-refractivity contribution < 1.29 is 4.74 Å². The minimum atomic E-state index is 0.754. The van der Waals surface area contributed by atoms with Crippen molar-refractivity contribution in [3.63, 3.8) is 0 Å². The lowest BCUT2D eigenvalue weighted by atomic mass is 10.2.